The molecule has 2 aromatic heterocycles. The van der Waals surface area contributed by atoms with Crippen molar-refractivity contribution >= 4 is 11.5 Å². The second-order valence-electron chi connectivity index (χ2n) is 5.70. The number of piperazine rings is 1. The van der Waals surface area contributed by atoms with Crippen LogP contribution in [-0.2, 0) is 6.54 Å². The van der Waals surface area contributed by atoms with Crippen LogP contribution in [0.5, 0.6) is 0 Å². The summed E-state index contributed by atoms with van der Waals surface area (Å²) in [5.74, 6) is 1.66. The highest BCUT2D eigenvalue weighted by Crippen LogP contribution is 2.19. The smallest absolute Gasteiger partial charge is 0.287 e. The average Bonchev–Trinajstić information content (AvgIpc) is 2.87. The predicted octanol–water partition coefficient (Wildman–Crippen LogP) is 1.92. The largest absolute Gasteiger partial charge is 0.361 e. The molecule has 3 heterocycles. The van der Waals surface area contributed by atoms with E-state index in [4.69, 9.17) is 4.52 Å². The van der Waals surface area contributed by atoms with Crippen LogP contribution < -0.4 is 4.90 Å². The zero-order valence-electron chi connectivity index (χ0n) is 13.2. The first-order valence-electron chi connectivity index (χ1n) is 7.54. The molecular weight excluding hydrogens is 298 g/mol. The van der Waals surface area contributed by atoms with Crippen molar-refractivity contribution < 1.29 is 9.45 Å². The van der Waals surface area contributed by atoms with Crippen LogP contribution in [0, 0.1) is 24.0 Å². The molecule has 0 unspecified atom stereocenters. The third kappa shape index (κ3) is 3.31. The summed E-state index contributed by atoms with van der Waals surface area (Å²) in [5.41, 5.74) is 2.12. The molecule has 8 heteroatoms. The lowest BCUT2D eigenvalue weighted by molar-refractivity contribution is -0.385. The summed E-state index contributed by atoms with van der Waals surface area (Å²) >= 11 is 0. The molecule has 0 N–H and O–H groups in total. The van der Waals surface area contributed by atoms with E-state index in [2.05, 4.69) is 19.9 Å². The van der Waals surface area contributed by atoms with Crippen molar-refractivity contribution in [1.29, 1.82) is 0 Å². The lowest BCUT2D eigenvalue weighted by atomic mass is 10.2. The Kier molecular flexibility index (Phi) is 4.24. The van der Waals surface area contributed by atoms with Crippen LogP contribution in [0.15, 0.2) is 22.9 Å². The molecule has 23 heavy (non-hydrogen) atoms. The third-order valence-electron chi connectivity index (χ3n) is 4.20. The van der Waals surface area contributed by atoms with Crippen molar-refractivity contribution in [2.45, 2.75) is 20.4 Å². The van der Waals surface area contributed by atoms with Gasteiger partial charge in [0.1, 0.15) is 17.8 Å². The molecule has 0 atom stereocenters. The normalized spacial score (nSPS) is 15.8. The molecule has 1 aliphatic heterocycles. The van der Waals surface area contributed by atoms with Crippen molar-refractivity contribution in [2.24, 2.45) is 0 Å². The van der Waals surface area contributed by atoms with E-state index in [-0.39, 0.29) is 5.69 Å². The van der Waals surface area contributed by atoms with Crippen molar-refractivity contribution in [3.63, 3.8) is 0 Å². The molecular formula is C15H19N5O3. The second-order valence-corrected chi connectivity index (χ2v) is 5.70. The van der Waals surface area contributed by atoms with Crippen LogP contribution in [0.1, 0.15) is 17.0 Å². The maximum absolute atomic E-state index is 10.7. The third-order valence-corrected chi connectivity index (χ3v) is 4.20. The van der Waals surface area contributed by atoms with E-state index in [9.17, 15) is 10.1 Å². The van der Waals surface area contributed by atoms with E-state index in [1.54, 1.807) is 6.07 Å². The number of aromatic nitrogens is 2. The van der Waals surface area contributed by atoms with Crippen molar-refractivity contribution in [2.75, 3.05) is 31.1 Å². The molecule has 1 saturated heterocycles. The number of rotatable bonds is 4. The predicted molar refractivity (Wildman–Crippen MR) is 84.4 cm³/mol. The van der Waals surface area contributed by atoms with Gasteiger partial charge in [-0.2, -0.15) is 0 Å². The van der Waals surface area contributed by atoms with Gasteiger partial charge in [0.15, 0.2) is 0 Å². The van der Waals surface area contributed by atoms with Gasteiger partial charge in [0, 0.05) is 44.4 Å². The Bertz CT molecular complexity index is 670. The van der Waals surface area contributed by atoms with E-state index in [1.807, 2.05) is 13.8 Å². The quantitative estimate of drug-likeness (QED) is 0.628. The minimum atomic E-state index is -0.432. The molecule has 0 bridgehead atoms. The van der Waals surface area contributed by atoms with Gasteiger partial charge < -0.3 is 9.42 Å². The average molecular weight is 317 g/mol. The highest BCUT2D eigenvalue weighted by Gasteiger charge is 2.21. The van der Waals surface area contributed by atoms with Gasteiger partial charge in [-0.15, -0.1) is 0 Å². The Hall–Kier alpha value is -2.48. The van der Waals surface area contributed by atoms with Crippen LogP contribution >= 0.6 is 0 Å². The monoisotopic (exact) mass is 317 g/mol. The molecule has 8 nitrogen and oxygen atoms in total. The van der Waals surface area contributed by atoms with Crippen LogP contribution in [-0.4, -0.2) is 46.1 Å². The van der Waals surface area contributed by atoms with E-state index >= 15 is 0 Å². The van der Waals surface area contributed by atoms with Gasteiger partial charge in [-0.1, -0.05) is 5.16 Å². The SMILES string of the molecule is Cc1noc(C)c1CN1CCN(c2ccc([N+](=O)[O-])cn2)CC1. The number of anilines is 1. The minimum Gasteiger partial charge on any atom is -0.361 e. The van der Waals surface area contributed by atoms with Crippen LogP contribution in [0.2, 0.25) is 0 Å². The van der Waals surface area contributed by atoms with Gasteiger partial charge in [0.2, 0.25) is 0 Å². The number of pyridine rings is 1. The molecule has 3 rings (SSSR count). The number of hydrogen-bond donors (Lipinski definition) is 0. The van der Waals surface area contributed by atoms with Crippen molar-refractivity contribution in [3.8, 4) is 0 Å². The van der Waals surface area contributed by atoms with Crippen molar-refractivity contribution in [3.05, 3.63) is 45.5 Å². The summed E-state index contributed by atoms with van der Waals surface area (Å²) in [6.07, 6.45) is 1.31. The Morgan fingerprint density at radius 2 is 2.00 bits per heavy atom. The lowest BCUT2D eigenvalue weighted by Crippen LogP contribution is -2.46. The molecule has 1 fully saturated rings. The first-order valence-corrected chi connectivity index (χ1v) is 7.54. The second kappa shape index (κ2) is 6.33. The van der Waals surface area contributed by atoms with Crippen LogP contribution in [0.4, 0.5) is 11.5 Å². The number of hydrogen-bond acceptors (Lipinski definition) is 7. The Morgan fingerprint density at radius 3 is 2.52 bits per heavy atom. The first kappa shape index (κ1) is 15.4. The minimum absolute atomic E-state index is 0.0193. The van der Waals surface area contributed by atoms with Crippen molar-refractivity contribution in [1.82, 2.24) is 15.0 Å². The fraction of sp³-hybridized carbons (Fsp3) is 0.467. The molecule has 0 aromatic carbocycles. The summed E-state index contributed by atoms with van der Waals surface area (Å²) in [5, 5.41) is 14.7. The highest BCUT2D eigenvalue weighted by atomic mass is 16.6. The molecule has 0 amide bonds. The molecule has 1 aliphatic rings. The fourth-order valence-electron chi connectivity index (χ4n) is 2.76. The molecule has 122 valence electrons. The van der Waals surface area contributed by atoms with E-state index in [1.165, 1.54) is 12.3 Å². The zero-order valence-corrected chi connectivity index (χ0v) is 13.2. The zero-order chi connectivity index (χ0) is 16.4. The fourth-order valence-corrected chi connectivity index (χ4v) is 2.76. The van der Waals surface area contributed by atoms with Gasteiger partial charge in [-0.25, -0.2) is 4.98 Å². The summed E-state index contributed by atoms with van der Waals surface area (Å²) in [7, 11) is 0. The van der Waals surface area contributed by atoms with Crippen LogP contribution in [0.25, 0.3) is 0 Å². The molecule has 0 spiro atoms. The summed E-state index contributed by atoms with van der Waals surface area (Å²) in [4.78, 5) is 18.9. The van der Waals surface area contributed by atoms with E-state index in [0.29, 0.717) is 0 Å². The van der Waals surface area contributed by atoms with Gasteiger partial charge in [0.05, 0.1) is 10.6 Å². The topological polar surface area (TPSA) is 88.5 Å². The van der Waals surface area contributed by atoms with Gasteiger partial charge in [0.25, 0.3) is 5.69 Å². The summed E-state index contributed by atoms with van der Waals surface area (Å²) in [6, 6.07) is 3.21. The molecule has 0 saturated carbocycles. The molecule has 0 radical (unpaired) electrons. The number of nitro groups is 1. The highest BCUT2D eigenvalue weighted by molar-refractivity contribution is 5.43. The maximum atomic E-state index is 10.7. The summed E-state index contributed by atoms with van der Waals surface area (Å²) < 4.78 is 5.21. The number of nitrogens with zero attached hydrogens (tertiary/aromatic N) is 5. The van der Waals surface area contributed by atoms with Gasteiger partial charge in [-0.3, -0.25) is 15.0 Å². The van der Waals surface area contributed by atoms with Gasteiger partial charge in [-0.05, 0) is 19.9 Å². The maximum Gasteiger partial charge on any atom is 0.287 e. The van der Waals surface area contributed by atoms with E-state index < -0.39 is 4.92 Å². The first-order chi connectivity index (χ1) is 11.0. The Morgan fingerprint density at radius 1 is 1.26 bits per heavy atom. The molecule has 0 aliphatic carbocycles. The number of aryl methyl sites for hydroxylation is 2. The Balaban J connectivity index is 1.59. The van der Waals surface area contributed by atoms with Crippen LogP contribution in [0.3, 0.4) is 0 Å². The van der Waals surface area contributed by atoms with E-state index in [0.717, 1.165) is 55.6 Å². The van der Waals surface area contributed by atoms with Gasteiger partial charge >= 0.3 is 0 Å². The Labute approximate surface area is 133 Å². The molecule has 2 aromatic rings. The standard InChI is InChI=1S/C15H19N5O3/c1-11-14(12(2)23-17-11)10-18-5-7-19(8-6-18)15-4-3-13(9-16-15)20(21)22/h3-4,9H,5-8,10H2,1-2H3. The lowest BCUT2D eigenvalue weighted by Gasteiger charge is -2.35. The summed E-state index contributed by atoms with van der Waals surface area (Å²) in [6.45, 7) is 8.23.